The second-order valence-corrected chi connectivity index (χ2v) is 3.71. The number of methoxy groups -OCH3 is 3. The fourth-order valence-electron chi connectivity index (χ4n) is 1.69. The number of ether oxygens (including phenoxy) is 3. The van der Waals surface area contributed by atoms with Gasteiger partial charge in [0.15, 0.2) is 5.92 Å². The van der Waals surface area contributed by atoms with Crippen LogP contribution in [-0.4, -0.2) is 33.3 Å². The van der Waals surface area contributed by atoms with Crippen LogP contribution in [0, 0.1) is 6.92 Å². The summed E-state index contributed by atoms with van der Waals surface area (Å²) in [6.07, 6.45) is 0. The van der Waals surface area contributed by atoms with E-state index in [0.717, 1.165) is 5.56 Å². The SMILES string of the molecule is COC(=O)C(C(=O)OC)c1ccc(OC)c(C)c1. The van der Waals surface area contributed by atoms with Crippen LogP contribution >= 0.6 is 0 Å². The van der Waals surface area contributed by atoms with Gasteiger partial charge in [0.25, 0.3) is 0 Å². The third-order valence-electron chi connectivity index (χ3n) is 2.63. The number of hydrogen-bond acceptors (Lipinski definition) is 5. The van der Waals surface area contributed by atoms with Gasteiger partial charge in [-0.3, -0.25) is 9.59 Å². The minimum atomic E-state index is -1.07. The van der Waals surface area contributed by atoms with Crippen molar-refractivity contribution in [1.82, 2.24) is 0 Å². The molecule has 1 aromatic carbocycles. The molecule has 0 fully saturated rings. The highest BCUT2D eigenvalue weighted by atomic mass is 16.5. The van der Waals surface area contributed by atoms with Gasteiger partial charge in [-0.2, -0.15) is 0 Å². The Balaban J connectivity index is 3.17. The van der Waals surface area contributed by atoms with Gasteiger partial charge in [0.05, 0.1) is 21.3 Å². The summed E-state index contributed by atoms with van der Waals surface area (Å²) < 4.78 is 14.4. The lowest BCUT2D eigenvalue weighted by Gasteiger charge is -2.14. The Bertz CT molecular complexity index is 437. The zero-order valence-corrected chi connectivity index (χ0v) is 10.9. The molecule has 0 aliphatic rings. The minimum Gasteiger partial charge on any atom is -0.496 e. The number of carbonyl (C=O) groups excluding carboxylic acids is 2. The molecule has 0 unspecified atom stereocenters. The first-order valence-electron chi connectivity index (χ1n) is 5.35. The first-order chi connectivity index (χ1) is 8.54. The highest BCUT2D eigenvalue weighted by Crippen LogP contribution is 2.25. The second kappa shape index (κ2) is 6.05. The molecule has 0 amide bonds. The molecule has 0 bridgehead atoms. The number of esters is 2. The maximum absolute atomic E-state index is 11.6. The van der Waals surface area contributed by atoms with E-state index in [9.17, 15) is 9.59 Å². The van der Waals surface area contributed by atoms with Crippen LogP contribution in [0.2, 0.25) is 0 Å². The molecule has 0 atom stereocenters. The first kappa shape index (κ1) is 14.0. The molecule has 5 heteroatoms. The van der Waals surface area contributed by atoms with Crippen molar-refractivity contribution >= 4 is 11.9 Å². The summed E-state index contributed by atoms with van der Waals surface area (Å²) in [4.78, 5) is 23.2. The molecule has 98 valence electrons. The molecule has 1 rings (SSSR count). The fourth-order valence-corrected chi connectivity index (χ4v) is 1.69. The molecule has 0 aliphatic heterocycles. The highest BCUT2D eigenvalue weighted by Gasteiger charge is 2.30. The van der Waals surface area contributed by atoms with Gasteiger partial charge in [-0.25, -0.2) is 0 Å². The molecule has 0 saturated heterocycles. The van der Waals surface area contributed by atoms with Crippen molar-refractivity contribution in [2.75, 3.05) is 21.3 Å². The molecule has 1 aromatic rings. The maximum atomic E-state index is 11.6. The van der Waals surface area contributed by atoms with Crippen LogP contribution in [0.5, 0.6) is 5.75 Å². The van der Waals surface area contributed by atoms with Gasteiger partial charge in [0, 0.05) is 0 Å². The molecule has 0 radical (unpaired) electrons. The summed E-state index contributed by atoms with van der Waals surface area (Å²) in [5.41, 5.74) is 1.35. The van der Waals surface area contributed by atoms with E-state index in [0.29, 0.717) is 11.3 Å². The number of rotatable bonds is 4. The third kappa shape index (κ3) is 2.80. The first-order valence-corrected chi connectivity index (χ1v) is 5.35. The number of benzene rings is 1. The van der Waals surface area contributed by atoms with E-state index in [1.807, 2.05) is 6.92 Å². The molecule has 0 heterocycles. The van der Waals surface area contributed by atoms with Gasteiger partial charge in [0.1, 0.15) is 5.75 Å². The topological polar surface area (TPSA) is 61.8 Å². The van der Waals surface area contributed by atoms with Gasteiger partial charge >= 0.3 is 11.9 Å². The van der Waals surface area contributed by atoms with E-state index in [1.165, 1.54) is 14.2 Å². The quantitative estimate of drug-likeness (QED) is 0.599. The van der Waals surface area contributed by atoms with Crippen LogP contribution in [0.4, 0.5) is 0 Å². The standard InChI is InChI=1S/C13H16O5/c1-8-7-9(5-6-10(8)16-2)11(12(14)17-3)13(15)18-4/h5-7,11H,1-4H3. The zero-order valence-electron chi connectivity index (χ0n) is 10.9. The van der Waals surface area contributed by atoms with Crippen molar-refractivity contribution in [3.05, 3.63) is 29.3 Å². The van der Waals surface area contributed by atoms with Gasteiger partial charge in [0.2, 0.25) is 0 Å². The largest absolute Gasteiger partial charge is 0.496 e. The third-order valence-corrected chi connectivity index (χ3v) is 2.63. The molecule has 0 N–H and O–H groups in total. The number of aryl methyl sites for hydroxylation is 1. The summed E-state index contributed by atoms with van der Waals surface area (Å²) in [6.45, 7) is 1.83. The lowest BCUT2D eigenvalue weighted by atomic mass is 9.97. The van der Waals surface area contributed by atoms with E-state index < -0.39 is 17.9 Å². The summed E-state index contributed by atoms with van der Waals surface area (Å²) in [6, 6.07) is 5.05. The van der Waals surface area contributed by atoms with Crippen LogP contribution in [0.15, 0.2) is 18.2 Å². The van der Waals surface area contributed by atoms with Crippen LogP contribution in [0.25, 0.3) is 0 Å². The Morgan fingerprint density at radius 1 is 1.06 bits per heavy atom. The second-order valence-electron chi connectivity index (χ2n) is 3.71. The molecule has 0 spiro atoms. The van der Waals surface area contributed by atoms with Crippen molar-refractivity contribution < 1.29 is 23.8 Å². The van der Waals surface area contributed by atoms with E-state index in [2.05, 4.69) is 9.47 Å². The van der Waals surface area contributed by atoms with Crippen LogP contribution in [0.1, 0.15) is 17.0 Å². The van der Waals surface area contributed by atoms with Gasteiger partial charge < -0.3 is 14.2 Å². The molecular weight excluding hydrogens is 236 g/mol. The Morgan fingerprint density at radius 2 is 1.61 bits per heavy atom. The maximum Gasteiger partial charge on any atom is 0.324 e. The molecule has 0 aliphatic carbocycles. The molecule has 0 saturated carbocycles. The van der Waals surface area contributed by atoms with Crippen molar-refractivity contribution in [1.29, 1.82) is 0 Å². The van der Waals surface area contributed by atoms with Crippen LogP contribution in [0.3, 0.4) is 0 Å². The predicted octanol–water partition coefficient (Wildman–Crippen LogP) is 1.43. The van der Waals surface area contributed by atoms with Crippen LogP contribution < -0.4 is 4.74 Å². The van der Waals surface area contributed by atoms with Crippen molar-refractivity contribution in [3.63, 3.8) is 0 Å². The lowest BCUT2D eigenvalue weighted by molar-refractivity contribution is -0.154. The molecule has 5 nitrogen and oxygen atoms in total. The minimum absolute atomic E-state index is 0.520. The smallest absolute Gasteiger partial charge is 0.324 e. The van der Waals surface area contributed by atoms with Crippen molar-refractivity contribution in [3.8, 4) is 5.75 Å². The molecule has 18 heavy (non-hydrogen) atoms. The zero-order chi connectivity index (χ0) is 13.7. The Morgan fingerprint density at radius 3 is 2.00 bits per heavy atom. The number of carbonyl (C=O) groups is 2. The summed E-state index contributed by atoms with van der Waals surface area (Å²) in [7, 11) is 4.02. The van der Waals surface area contributed by atoms with Crippen LogP contribution in [-0.2, 0) is 19.1 Å². The Kier molecular flexibility index (Phi) is 4.71. The summed E-state index contributed by atoms with van der Waals surface area (Å²) in [5, 5.41) is 0. The van der Waals surface area contributed by atoms with E-state index in [1.54, 1.807) is 25.3 Å². The molecular formula is C13H16O5. The Hall–Kier alpha value is -2.04. The Labute approximate surface area is 106 Å². The average molecular weight is 252 g/mol. The average Bonchev–Trinajstić information content (AvgIpc) is 2.38. The monoisotopic (exact) mass is 252 g/mol. The van der Waals surface area contributed by atoms with Gasteiger partial charge in [-0.15, -0.1) is 0 Å². The fraction of sp³-hybridized carbons (Fsp3) is 0.385. The van der Waals surface area contributed by atoms with E-state index in [4.69, 9.17) is 4.74 Å². The van der Waals surface area contributed by atoms with Gasteiger partial charge in [-0.05, 0) is 24.1 Å². The lowest BCUT2D eigenvalue weighted by Crippen LogP contribution is -2.24. The normalized spacial score (nSPS) is 10.1. The van der Waals surface area contributed by atoms with E-state index in [-0.39, 0.29) is 0 Å². The molecule has 0 aromatic heterocycles. The van der Waals surface area contributed by atoms with E-state index >= 15 is 0 Å². The number of hydrogen-bond donors (Lipinski definition) is 0. The summed E-state index contributed by atoms with van der Waals surface area (Å²) >= 11 is 0. The van der Waals surface area contributed by atoms with Crippen molar-refractivity contribution in [2.24, 2.45) is 0 Å². The summed E-state index contributed by atoms with van der Waals surface area (Å²) in [5.74, 6) is -1.67. The van der Waals surface area contributed by atoms with Crippen molar-refractivity contribution in [2.45, 2.75) is 12.8 Å². The predicted molar refractivity (Wildman–Crippen MR) is 64.5 cm³/mol. The van der Waals surface area contributed by atoms with Gasteiger partial charge in [-0.1, -0.05) is 12.1 Å². The highest BCUT2D eigenvalue weighted by molar-refractivity contribution is 6.00.